The van der Waals surface area contributed by atoms with Gasteiger partial charge in [0.05, 0.1) is 0 Å². The molecule has 3 fully saturated rings. The molecule has 1 atom stereocenters. The molecule has 3 heteroatoms. The number of rotatable bonds is 4. The van der Waals surface area contributed by atoms with Crippen LogP contribution in [0.1, 0.15) is 51.9 Å². The third-order valence-electron chi connectivity index (χ3n) is 6.03. The molecule has 2 heterocycles. The van der Waals surface area contributed by atoms with Crippen LogP contribution in [0.2, 0.25) is 0 Å². The highest BCUT2D eigenvalue weighted by Crippen LogP contribution is 2.25. The molecule has 0 aromatic rings. The molecule has 122 valence electrons. The highest BCUT2D eigenvalue weighted by molar-refractivity contribution is 4.82. The Bertz CT molecular complexity index is 301. The van der Waals surface area contributed by atoms with Crippen molar-refractivity contribution in [3.63, 3.8) is 0 Å². The lowest BCUT2D eigenvalue weighted by Gasteiger charge is -2.35. The predicted octanol–water partition coefficient (Wildman–Crippen LogP) is 2.67. The van der Waals surface area contributed by atoms with Crippen molar-refractivity contribution < 1.29 is 0 Å². The van der Waals surface area contributed by atoms with Crippen LogP contribution < -0.4 is 0 Å². The Morgan fingerprint density at radius 3 is 2.38 bits per heavy atom. The molecule has 0 amide bonds. The lowest BCUT2D eigenvalue weighted by atomic mass is 9.97. The third-order valence-corrected chi connectivity index (χ3v) is 6.03. The summed E-state index contributed by atoms with van der Waals surface area (Å²) in [5.74, 6) is 0.928. The number of nitrogens with zero attached hydrogens (tertiary/aromatic N) is 3. The maximum atomic E-state index is 2.81. The van der Waals surface area contributed by atoms with Crippen molar-refractivity contribution in [3.05, 3.63) is 0 Å². The molecule has 3 nitrogen and oxygen atoms in total. The van der Waals surface area contributed by atoms with Gasteiger partial charge in [-0.2, -0.15) is 0 Å². The molecule has 1 unspecified atom stereocenters. The summed E-state index contributed by atoms with van der Waals surface area (Å²) >= 11 is 0. The van der Waals surface area contributed by atoms with Gasteiger partial charge in [-0.15, -0.1) is 0 Å². The fraction of sp³-hybridized carbons (Fsp3) is 1.00. The molecule has 2 saturated heterocycles. The Kier molecular flexibility index (Phi) is 5.96. The molecule has 0 aromatic carbocycles. The molecule has 1 saturated carbocycles. The summed E-state index contributed by atoms with van der Waals surface area (Å²) in [7, 11) is 0. The smallest absolute Gasteiger partial charge is 0.0112 e. The second-order valence-electron chi connectivity index (χ2n) is 7.53. The van der Waals surface area contributed by atoms with E-state index < -0.39 is 0 Å². The van der Waals surface area contributed by atoms with Gasteiger partial charge in [-0.1, -0.05) is 19.8 Å². The van der Waals surface area contributed by atoms with Crippen LogP contribution in [0.3, 0.4) is 0 Å². The minimum Gasteiger partial charge on any atom is -0.303 e. The topological polar surface area (TPSA) is 9.72 Å². The molecule has 1 aliphatic carbocycles. The van der Waals surface area contributed by atoms with E-state index in [4.69, 9.17) is 0 Å². The standard InChI is InChI=1S/C18H35N3/c1-2-19-10-5-7-17(15-19)16-20-11-6-12-21(14-13-20)18-8-3-4-9-18/h17-18H,2-16H2,1H3. The Morgan fingerprint density at radius 1 is 0.762 bits per heavy atom. The quantitative estimate of drug-likeness (QED) is 0.789. The van der Waals surface area contributed by atoms with Crippen molar-refractivity contribution in [2.24, 2.45) is 5.92 Å². The minimum atomic E-state index is 0.926. The molecule has 0 radical (unpaired) electrons. The first kappa shape index (κ1) is 15.8. The highest BCUT2D eigenvalue weighted by atomic mass is 15.2. The average molecular weight is 293 g/mol. The number of likely N-dealkylation sites (tertiary alicyclic amines) is 1. The van der Waals surface area contributed by atoms with E-state index in [2.05, 4.69) is 21.6 Å². The molecule has 21 heavy (non-hydrogen) atoms. The summed E-state index contributed by atoms with van der Waals surface area (Å²) in [6.07, 6.45) is 10.1. The van der Waals surface area contributed by atoms with E-state index in [1.807, 2.05) is 0 Å². The van der Waals surface area contributed by atoms with Gasteiger partial charge in [0.25, 0.3) is 0 Å². The van der Waals surface area contributed by atoms with Crippen LogP contribution in [0.15, 0.2) is 0 Å². The van der Waals surface area contributed by atoms with Gasteiger partial charge in [-0.25, -0.2) is 0 Å². The van der Waals surface area contributed by atoms with Crippen molar-refractivity contribution in [1.82, 2.24) is 14.7 Å². The molecule has 3 rings (SSSR count). The van der Waals surface area contributed by atoms with Gasteiger partial charge in [0.15, 0.2) is 0 Å². The zero-order valence-corrected chi connectivity index (χ0v) is 14.1. The van der Waals surface area contributed by atoms with E-state index in [0.717, 1.165) is 12.0 Å². The second-order valence-corrected chi connectivity index (χ2v) is 7.53. The molecule has 2 aliphatic heterocycles. The van der Waals surface area contributed by atoms with Gasteiger partial charge in [0.1, 0.15) is 0 Å². The normalized spacial score (nSPS) is 31.6. The Hall–Kier alpha value is -0.120. The fourth-order valence-electron chi connectivity index (χ4n) is 4.76. The second kappa shape index (κ2) is 7.94. The van der Waals surface area contributed by atoms with Gasteiger partial charge in [0.2, 0.25) is 0 Å². The monoisotopic (exact) mass is 293 g/mol. The van der Waals surface area contributed by atoms with Crippen LogP contribution in [0.4, 0.5) is 0 Å². The Morgan fingerprint density at radius 2 is 1.57 bits per heavy atom. The number of piperidine rings is 1. The predicted molar refractivity (Wildman–Crippen MR) is 89.7 cm³/mol. The maximum absolute atomic E-state index is 2.81. The summed E-state index contributed by atoms with van der Waals surface area (Å²) in [5.41, 5.74) is 0. The first-order chi connectivity index (χ1) is 10.3. The fourth-order valence-corrected chi connectivity index (χ4v) is 4.76. The summed E-state index contributed by atoms with van der Waals surface area (Å²) < 4.78 is 0. The van der Waals surface area contributed by atoms with Gasteiger partial charge < -0.3 is 9.80 Å². The van der Waals surface area contributed by atoms with Gasteiger partial charge in [-0.05, 0) is 64.2 Å². The Labute approximate surface area is 131 Å². The minimum absolute atomic E-state index is 0.926. The van der Waals surface area contributed by atoms with Crippen LogP contribution in [0.5, 0.6) is 0 Å². The molecule has 0 bridgehead atoms. The van der Waals surface area contributed by atoms with E-state index in [1.165, 1.54) is 97.3 Å². The van der Waals surface area contributed by atoms with E-state index in [-0.39, 0.29) is 0 Å². The SMILES string of the molecule is CCN1CCCC(CN2CCCN(C3CCCC3)CC2)C1. The number of hydrogen-bond donors (Lipinski definition) is 0. The van der Waals surface area contributed by atoms with Crippen molar-refractivity contribution >= 4 is 0 Å². The van der Waals surface area contributed by atoms with E-state index in [0.29, 0.717) is 0 Å². The lowest BCUT2D eigenvalue weighted by Crippen LogP contribution is -2.42. The van der Waals surface area contributed by atoms with E-state index >= 15 is 0 Å². The lowest BCUT2D eigenvalue weighted by molar-refractivity contribution is 0.136. The van der Waals surface area contributed by atoms with Crippen molar-refractivity contribution in [2.45, 2.75) is 57.9 Å². The van der Waals surface area contributed by atoms with Crippen LogP contribution in [0.25, 0.3) is 0 Å². The molecule has 0 aromatic heterocycles. The Balaban J connectivity index is 1.44. The van der Waals surface area contributed by atoms with Crippen LogP contribution >= 0.6 is 0 Å². The molecule has 0 spiro atoms. The van der Waals surface area contributed by atoms with Crippen molar-refractivity contribution in [3.8, 4) is 0 Å². The summed E-state index contributed by atoms with van der Waals surface area (Å²) in [4.78, 5) is 8.24. The summed E-state index contributed by atoms with van der Waals surface area (Å²) in [6, 6.07) is 0.926. The molecule has 0 N–H and O–H groups in total. The summed E-state index contributed by atoms with van der Waals surface area (Å²) in [6.45, 7) is 12.9. The summed E-state index contributed by atoms with van der Waals surface area (Å²) in [5, 5.41) is 0. The highest BCUT2D eigenvalue weighted by Gasteiger charge is 2.26. The van der Waals surface area contributed by atoms with Gasteiger partial charge >= 0.3 is 0 Å². The maximum Gasteiger partial charge on any atom is 0.0112 e. The average Bonchev–Trinajstić information content (AvgIpc) is 2.95. The first-order valence-corrected chi connectivity index (χ1v) is 9.54. The van der Waals surface area contributed by atoms with Gasteiger partial charge in [0, 0.05) is 32.2 Å². The number of hydrogen-bond acceptors (Lipinski definition) is 3. The zero-order valence-electron chi connectivity index (χ0n) is 14.1. The van der Waals surface area contributed by atoms with Crippen LogP contribution in [-0.4, -0.2) is 73.1 Å². The van der Waals surface area contributed by atoms with E-state index in [1.54, 1.807) is 0 Å². The van der Waals surface area contributed by atoms with Crippen molar-refractivity contribution in [1.29, 1.82) is 0 Å². The van der Waals surface area contributed by atoms with Crippen LogP contribution in [0, 0.1) is 5.92 Å². The zero-order chi connectivity index (χ0) is 14.5. The first-order valence-electron chi connectivity index (χ1n) is 9.54. The molecular weight excluding hydrogens is 258 g/mol. The van der Waals surface area contributed by atoms with Gasteiger partial charge in [-0.3, -0.25) is 4.90 Å². The van der Waals surface area contributed by atoms with Crippen molar-refractivity contribution in [2.75, 3.05) is 52.4 Å². The van der Waals surface area contributed by atoms with E-state index in [9.17, 15) is 0 Å². The molecular formula is C18H35N3. The third kappa shape index (κ3) is 4.43. The largest absolute Gasteiger partial charge is 0.303 e. The van der Waals surface area contributed by atoms with Crippen LogP contribution in [-0.2, 0) is 0 Å². The molecule has 3 aliphatic rings.